The van der Waals surface area contributed by atoms with E-state index in [1.54, 1.807) is 0 Å². The van der Waals surface area contributed by atoms with E-state index in [9.17, 15) is 4.79 Å². The van der Waals surface area contributed by atoms with Gasteiger partial charge in [0, 0.05) is 12.2 Å². The summed E-state index contributed by atoms with van der Waals surface area (Å²) in [6, 6.07) is 8.53. The van der Waals surface area contributed by atoms with Gasteiger partial charge in [-0.2, -0.15) is 0 Å². The Balaban J connectivity index is 1.47. The summed E-state index contributed by atoms with van der Waals surface area (Å²) in [7, 11) is 0. The molecule has 0 saturated heterocycles. The summed E-state index contributed by atoms with van der Waals surface area (Å²) in [5, 5.41) is 12.8. The molecule has 132 valence electrons. The zero-order valence-electron chi connectivity index (χ0n) is 14.5. The summed E-state index contributed by atoms with van der Waals surface area (Å²) >= 11 is 1.48. The molecular formula is C18H23N5OS. The fourth-order valence-electron chi connectivity index (χ4n) is 3.81. The second-order valence-corrected chi connectivity index (χ2v) is 8.13. The van der Waals surface area contributed by atoms with Crippen LogP contribution in [0.25, 0.3) is 0 Å². The van der Waals surface area contributed by atoms with Gasteiger partial charge in [-0.15, -0.1) is 5.10 Å². The monoisotopic (exact) mass is 357 g/mol. The van der Waals surface area contributed by atoms with Crippen molar-refractivity contribution in [3.63, 3.8) is 0 Å². The molecule has 1 saturated carbocycles. The van der Waals surface area contributed by atoms with Crippen LogP contribution in [0.1, 0.15) is 50.6 Å². The molecule has 2 heterocycles. The number of para-hydroxylation sites is 1. The molecule has 25 heavy (non-hydrogen) atoms. The number of hydrogen-bond donors (Lipinski definition) is 0. The molecule has 1 aliphatic heterocycles. The lowest BCUT2D eigenvalue weighted by atomic mass is 9.96. The molecule has 1 atom stereocenters. The molecule has 1 aromatic heterocycles. The molecule has 4 rings (SSSR count). The lowest BCUT2D eigenvalue weighted by Crippen LogP contribution is -2.35. The molecule has 2 aliphatic rings. The topological polar surface area (TPSA) is 63.9 Å². The number of anilines is 1. The Labute approximate surface area is 152 Å². The standard InChI is InChI=1S/C18H23N5OS/c1-13(17(24)22-12-11-14-7-5-6-10-16(14)22)25-18-19-20-21-23(18)15-8-3-2-4-9-15/h5-7,10,13,15H,2-4,8-9,11-12H2,1H3. The van der Waals surface area contributed by atoms with Crippen molar-refractivity contribution in [1.29, 1.82) is 0 Å². The number of carbonyl (C=O) groups is 1. The van der Waals surface area contributed by atoms with E-state index in [1.807, 2.05) is 34.7 Å². The summed E-state index contributed by atoms with van der Waals surface area (Å²) in [6.07, 6.45) is 6.94. The van der Waals surface area contributed by atoms with Crippen molar-refractivity contribution in [1.82, 2.24) is 20.2 Å². The fraction of sp³-hybridized carbons (Fsp3) is 0.556. The van der Waals surface area contributed by atoms with Gasteiger partial charge in [-0.25, -0.2) is 4.68 Å². The van der Waals surface area contributed by atoms with E-state index in [4.69, 9.17) is 0 Å². The lowest BCUT2D eigenvalue weighted by Gasteiger charge is -2.24. The number of benzene rings is 1. The second kappa shape index (κ2) is 7.15. The fourth-order valence-corrected chi connectivity index (χ4v) is 4.73. The van der Waals surface area contributed by atoms with Gasteiger partial charge in [-0.3, -0.25) is 4.79 Å². The van der Waals surface area contributed by atoms with Gasteiger partial charge in [-0.05, 0) is 48.2 Å². The lowest BCUT2D eigenvalue weighted by molar-refractivity contribution is -0.117. The minimum Gasteiger partial charge on any atom is -0.311 e. The van der Waals surface area contributed by atoms with Gasteiger partial charge in [0.15, 0.2) is 0 Å². The molecule has 1 amide bonds. The van der Waals surface area contributed by atoms with Gasteiger partial charge in [0.2, 0.25) is 11.1 Å². The van der Waals surface area contributed by atoms with Crippen LogP contribution in [-0.4, -0.2) is 37.9 Å². The zero-order valence-corrected chi connectivity index (χ0v) is 15.3. The first kappa shape index (κ1) is 16.6. The molecule has 0 bridgehead atoms. The highest BCUT2D eigenvalue weighted by Gasteiger charge is 2.30. The molecular weight excluding hydrogens is 334 g/mol. The summed E-state index contributed by atoms with van der Waals surface area (Å²) in [4.78, 5) is 14.9. The first-order valence-corrected chi connectivity index (χ1v) is 9.96. The molecule has 2 aromatic rings. The number of tetrazole rings is 1. The van der Waals surface area contributed by atoms with Crippen LogP contribution in [0, 0.1) is 0 Å². The first-order chi connectivity index (χ1) is 12.2. The van der Waals surface area contributed by atoms with Crippen LogP contribution in [0.2, 0.25) is 0 Å². The molecule has 0 N–H and O–H groups in total. The molecule has 1 aliphatic carbocycles. The van der Waals surface area contributed by atoms with E-state index in [1.165, 1.54) is 36.6 Å². The SMILES string of the molecule is CC(Sc1nnnn1C1CCCCC1)C(=O)N1CCc2ccccc21. The Hall–Kier alpha value is -1.89. The van der Waals surface area contributed by atoms with E-state index < -0.39 is 0 Å². The van der Waals surface area contributed by atoms with Gasteiger partial charge in [0.1, 0.15) is 0 Å². The average molecular weight is 357 g/mol. The quantitative estimate of drug-likeness (QED) is 0.786. The number of hydrogen-bond acceptors (Lipinski definition) is 5. The molecule has 7 heteroatoms. The van der Waals surface area contributed by atoms with E-state index in [-0.39, 0.29) is 11.2 Å². The maximum absolute atomic E-state index is 12.9. The number of fused-ring (bicyclic) bond motifs is 1. The van der Waals surface area contributed by atoms with Crippen LogP contribution in [0.3, 0.4) is 0 Å². The Morgan fingerprint density at radius 2 is 2.04 bits per heavy atom. The van der Waals surface area contributed by atoms with Crippen molar-refractivity contribution < 1.29 is 4.79 Å². The predicted molar refractivity (Wildman–Crippen MR) is 97.8 cm³/mol. The van der Waals surface area contributed by atoms with E-state index in [2.05, 4.69) is 21.6 Å². The van der Waals surface area contributed by atoms with Crippen molar-refractivity contribution in [2.24, 2.45) is 0 Å². The summed E-state index contributed by atoms with van der Waals surface area (Å²) in [6.45, 7) is 2.71. The van der Waals surface area contributed by atoms with Gasteiger partial charge < -0.3 is 4.90 Å². The maximum atomic E-state index is 12.9. The van der Waals surface area contributed by atoms with Crippen molar-refractivity contribution in [2.45, 2.75) is 61.9 Å². The van der Waals surface area contributed by atoms with Crippen LogP contribution in [-0.2, 0) is 11.2 Å². The van der Waals surface area contributed by atoms with Crippen molar-refractivity contribution in [2.75, 3.05) is 11.4 Å². The Kier molecular flexibility index (Phi) is 4.74. The summed E-state index contributed by atoms with van der Waals surface area (Å²) in [5.74, 6) is 0.133. The number of carbonyl (C=O) groups excluding carboxylic acids is 1. The van der Waals surface area contributed by atoms with Crippen molar-refractivity contribution >= 4 is 23.4 Å². The average Bonchev–Trinajstić information content (AvgIpc) is 3.28. The van der Waals surface area contributed by atoms with Crippen LogP contribution in [0.4, 0.5) is 5.69 Å². The third-order valence-corrected chi connectivity index (χ3v) is 6.20. The third-order valence-electron chi connectivity index (χ3n) is 5.17. The minimum absolute atomic E-state index is 0.133. The van der Waals surface area contributed by atoms with Crippen molar-refractivity contribution in [3.8, 4) is 0 Å². The predicted octanol–water partition coefficient (Wildman–Crippen LogP) is 3.25. The smallest absolute Gasteiger partial charge is 0.240 e. The van der Waals surface area contributed by atoms with E-state index in [0.29, 0.717) is 6.04 Å². The highest BCUT2D eigenvalue weighted by Crippen LogP contribution is 2.33. The van der Waals surface area contributed by atoms with Crippen molar-refractivity contribution in [3.05, 3.63) is 29.8 Å². The van der Waals surface area contributed by atoms with E-state index in [0.717, 1.165) is 36.7 Å². The number of amides is 1. The Bertz CT molecular complexity index is 755. The normalized spacial score (nSPS) is 19.0. The van der Waals surface area contributed by atoms with Gasteiger partial charge in [-0.1, -0.05) is 49.2 Å². The Morgan fingerprint density at radius 3 is 2.88 bits per heavy atom. The highest BCUT2D eigenvalue weighted by molar-refractivity contribution is 8.00. The summed E-state index contributed by atoms with van der Waals surface area (Å²) < 4.78 is 1.94. The van der Waals surface area contributed by atoms with Crippen LogP contribution in [0.5, 0.6) is 0 Å². The number of rotatable bonds is 4. The number of thioether (sulfide) groups is 1. The molecule has 1 aromatic carbocycles. The molecule has 6 nitrogen and oxygen atoms in total. The second-order valence-electron chi connectivity index (χ2n) is 6.83. The first-order valence-electron chi connectivity index (χ1n) is 9.08. The van der Waals surface area contributed by atoms with Crippen LogP contribution < -0.4 is 4.90 Å². The van der Waals surface area contributed by atoms with Gasteiger partial charge in [0.05, 0.1) is 11.3 Å². The number of nitrogens with zero attached hydrogens (tertiary/aromatic N) is 5. The largest absolute Gasteiger partial charge is 0.311 e. The van der Waals surface area contributed by atoms with Crippen LogP contribution >= 0.6 is 11.8 Å². The van der Waals surface area contributed by atoms with Gasteiger partial charge in [0.25, 0.3) is 0 Å². The maximum Gasteiger partial charge on any atom is 0.240 e. The Morgan fingerprint density at radius 1 is 1.24 bits per heavy atom. The highest BCUT2D eigenvalue weighted by atomic mass is 32.2. The number of aromatic nitrogens is 4. The molecule has 1 fully saturated rings. The molecule has 0 spiro atoms. The van der Waals surface area contributed by atoms with E-state index >= 15 is 0 Å². The zero-order chi connectivity index (χ0) is 17.2. The van der Waals surface area contributed by atoms with Gasteiger partial charge >= 0.3 is 0 Å². The third kappa shape index (κ3) is 3.29. The van der Waals surface area contributed by atoms with Crippen LogP contribution in [0.15, 0.2) is 29.4 Å². The summed E-state index contributed by atoms with van der Waals surface area (Å²) in [5.41, 5.74) is 2.30. The molecule has 0 radical (unpaired) electrons. The minimum atomic E-state index is -0.209. The molecule has 1 unspecified atom stereocenters.